The average molecular weight is 439 g/mol. The van der Waals surface area contributed by atoms with E-state index >= 15 is 0 Å². The third-order valence-electron chi connectivity index (χ3n) is 3.95. The minimum Gasteiger partial charge on any atom is -0.494 e. The first-order valence-electron chi connectivity index (χ1n) is 8.76. The molecule has 1 aromatic heterocycles. The van der Waals surface area contributed by atoms with Crippen molar-refractivity contribution in [2.45, 2.75) is 19.8 Å². The molecule has 0 aliphatic rings. The molecule has 0 spiro atoms. The lowest BCUT2D eigenvalue weighted by molar-refractivity contribution is 0.309. The fraction of sp³-hybridized carbons (Fsp3) is 0.182. The van der Waals surface area contributed by atoms with Crippen LogP contribution in [0.15, 0.2) is 58.4 Å². The summed E-state index contributed by atoms with van der Waals surface area (Å²) in [5, 5.41) is 12.3. The molecule has 0 unspecified atom stereocenters. The molecule has 2 aromatic carbocycles. The van der Waals surface area contributed by atoms with Gasteiger partial charge in [-0.15, -0.1) is 11.3 Å². The van der Waals surface area contributed by atoms with Gasteiger partial charge in [-0.25, -0.2) is 4.98 Å². The first kappa shape index (κ1) is 19.3. The van der Waals surface area contributed by atoms with Crippen molar-refractivity contribution in [1.82, 2.24) is 4.98 Å². The summed E-state index contributed by atoms with van der Waals surface area (Å²) in [4.78, 5) is 4.63. The Balaban J connectivity index is 1.77. The van der Waals surface area contributed by atoms with Crippen molar-refractivity contribution in [1.29, 1.82) is 5.26 Å². The number of benzene rings is 2. The maximum Gasteiger partial charge on any atom is 0.134 e. The summed E-state index contributed by atoms with van der Waals surface area (Å²) < 4.78 is 6.71. The van der Waals surface area contributed by atoms with Crippen molar-refractivity contribution in [3.8, 4) is 23.1 Å². The van der Waals surface area contributed by atoms with Crippen molar-refractivity contribution in [2.24, 2.45) is 0 Å². The Hall–Kier alpha value is -2.42. The highest BCUT2D eigenvalue weighted by molar-refractivity contribution is 9.10. The predicted molar refractivity (Wildman–Crippen MR) is 116 cm³/mol. The van der Waals surface area contributed by atoms with Crippen LogP contribution in [0.2, 0.25) is 0 Å². The number of ether oxygens (including phenoxy) is 1. The van der Waals surface area contributed by atoms with Gasteiger partial charge in [0.2, 0.25) is 0 Å². The van der Waals surface area contributed by atoms with E-state index in [-0.39, 0.29) is 0 Å². The number of thiazole rings is 1. The quantitative estimate of drug-likeness (QED) is 0.300. The van der Waals surface area contributed by atoms with Crippen molar-refractivity contribution in [3.05, 3.63) is 69.0 Å². The number of halogens is 1. The Bertz CT molecular complexity index is 953. The summed E-state index contributed by atoms with van der Waals surface area (Å²) in [7, 11) is 0. The van der Waals surface area contributed by atoms with Crippen LogP contribution in [0.5, 0.6) is 5.75 Å². The van der Waals surface area contributed by atoms with Crippen LogP contribution in [-0.2, 0) is 0 Å². The molecule has 3 rings (SSSR count). The van der Waals surface area contributed by atoms with Gasteiger partial charge in [-0.3, -0.25) is 0 Å². The van der Waals surface area contributed by atoms with E-state index in [1.165, 1.54) is 11.3 Å². The molecule has 136 valence electrons. The predicted octanol–water partition coefficient (Wildman–Crippen LogP) is 6.82. The second kappa shape index (κ2) is 9.50. The molecule has 0 fully saturated rings. The van der Waals surface area contributed by atoms with Crippen molar-refractivity contribution in [3.63, 3.8) is 0 Å². The van der Waals surface area contributed by atoms with Crippen LogP contribution < -0.4 is 4.74 Å². The van der Waals surface area contributed by atoms with E-state index in [9.17, 15) is 5.26 Å². The van der Waals surface area contributed by atoms with Crippen molar-refractivity contribution in [2.75, 3.05) is 6.61 Å². The second-order valence-corrected chi connectivity index (χ2v) is 7.76. The number of unbranched alkanes of at least 4 members (excludes halogenated alkanes) is 1. The van der Waals surface area contributed by atoms with Gasteiger partial charge in [-0.05, 0) is 42.3 Å². The standard InChI is InChI=1S/C22H19BrN2OS/c1-2-3-12-26-20-10-4-16(5-11-20)13-18(14-24)22-25-21(15-27-22)17-6-8-19(23)9-7-17/h4-11,13,15H,2-3,12H2,1H3/b18-13-. The first-order valence-corrected chi connectivity index (χ1v) is 10.4. The highest BCUT2D eigenvalue weighted by atomic mass is 79.9. The lowest BCUT2D eigenvalue weighted by Gasteiger charge is -2.05. The van der Waals surface area contributed by atoms with Gasteiger partial charge < -0.3 is 4.74 Å². The molecule has 3 aromatic rings. The van der Waals surface area contributed by atoms with Gasteiger partial charge in [0.05, 0.1) is 17.9 Å². The molecule has 0 amide bonds. The minimum absolute atomic E-state index is 0.558. The number of aromatic nitrogens is 1. The largest absolute Gasteiger partial charge is 0.494 e. The van der Waals surface area contributed by atoms with E-state index in [1.807, 2.05) is 60.0 Å². The Morgan fingerprint density at radius 1 is 1.19 bits per heavy atom. The molecule has 5 heteroatoms. The van der Waals surface area contributed by atoms with E-state index in [2.05, 4.69) is 33.9 Å². The van der Waals surface area contributed by atoms with Crippen molar-refractivity contribution >= 4 is 38.9 Å². The third kappa shape index (κ3) is 5.29. The molecule has 0 N–H and O–H groups in total. The zero-order chi connectivity index (χ0) is 19.1. The molecule has 27 heavy (non-hydrogen) atoms. The van der Waals surface area contributed by atoms with Crippen LogP contribution in [0.25, 0.3) is 22.9 Å². The van der Waals surface area contributed by atoms with Gasteiger partial charge in [0.25, 0.3) is 0 Å². The third-order valence-corrected chi connectivity index (χ3v) is 5.36. The SMILES string of the molecule is CCCCOc1ccc(/C=C(/C#N)c2nc(-c3ccc(Br)cc3)cs2)cc1. The molecule has 0 saturated carbocycles. The van der Waals surface area contributed by atoms with Crippen LogP contribution in [-0.4, -0.2) is 11.6 Å². The second-order valence-electron chi connectivity index (χ2n) is 5.99. The average Bonchev–Trinajstić information content (AvgIpc) is 3.18. The smallest absolute Gasteiger partial charge is 0.134 e. The van der Waals surface area contributed by atoms with E-state index < -0.39 is 0 Å². The van der Waals surface area contributed by atoms with E-state index in [4.69, 9.17) is 4.74 Å². The summed E-state index contributed by atoms with van der Waals surface area (Å²) in [5.41, 5.74) is 3.42. The van der Waals surface area contributed by atoms with Crippen LogP contribution >= 0.6 is 27.3 Å². The minimum atomic E-state index is 0.558. The summed E-state index contributed by atoms with van der Waals surface area (Å²) >= 11 is 4.92. The van der Waals surface area contributed by atoms with Gasteiger partial charge in [-0.1, -0.05) is 53.5 Å². The van der Waals surface area contributed by atoms with Crippen LogP contribution in [0.4, 0.5) is 0 Å². The molecule has 3 nitrogen and oxygen atoms in total. The molecule has 0 bridgehead atoms. The lowest BCUT2D eigenvalue weighted by Crippen LogP contribution is -1.95. The number of hydrogen-bond donors (Lipinski definition) is 0. The van der Waals surface area contributed by atoms with Crippen LogP contribution in [0.1, 0.15) is 30.3 Å². The molecule has 0 atom stereocenters. The number of allylic oxidation sites excluding steroid dienone is 1. The number of hydrogen-bond acceptors (Lipinski definition) is 4. The fourth-order valence-electron chi connectivity index (χ4n) is 2.45. The molecule has 0 saturated heterocycles. The normalized spacial score (nSPS) is 11.2. The van der Waals surface area contributed by atoms with Crippen molar-refractivity contribution < 1.29 is 4.74 Å². The Morgan fingerprint density at radius 2 is 1.93 bits per heavy atom. The number of rotatable bonds is 7. The summed E-state index contributed by atoms with van der Waals surface area (Å²) in [6.07, 6.45) is 4.02. The molecular weight excluding hydrogens is 420 g/mol. The summed E-state index contributed by atoms with van der Waals surface area (Å²) in [6.45, 7) is 2.87. The molecule has 0 radical (unpaired) electrons. The van der Waals surface area contributed by atoms with Gasteiger partial charge >= 0.3 is 0 Å². The number of nitrogens with zero attached hydrogens (tertiary/aromatic N) is 2. The Kier molecular flexibility index (Phi) is 6.80. The maximum atomic E-state index is 9.57. The van der Waals surface area contributed by atoms with E-state index in [0.29, 0.717) is 5.57 Å². The Labute approximate surface area is 172 Å². The van der Waals surface area contributed by atoms with E-state index in [1.54, 1.807) is 0 Å². The van der Waals surface area contributed by atoms with Crippen LogP contribution in [0, 0.1) is 11.3 Å². The molecule has 0 aliphatic heterocycles. The highest BCUT2D eigenvalue weighted by Crippen LogP contribution is 2.28. The van der Waals surface area contributed by atoms with Gasteiger partial charge in [0, 0.05) is 15.4 Å². The zero-order valence-corrected chi connectivity index (χ0v) is 17.4. The summed E-state index contributed by atoms with van der Waals surface area (Å²) in [6, 6.07) is 18.1. The monoisotopic (exact) mass is 438 g/mol. The highest BCUT2D eigenvalue weighted by Gasteiger charge is 2.09. The van der Waals surface area contributed by atoms with Gasteiger partial charge in [0.15, 0.2) is 0 Å². The maximum absolute atomic E-state index is 9.57. The number of nitriles is 1. The summed E-state index contributed by atoms with van der Waals surface area (Å²) in [5.74, 6) is 0.853. The van der Waals surface area contributed by atoms with Gasteiger partial charge in [0.1, 0.15) is 16.8 Å². The zero-order valence-electron chi connectivity index (χ0n) is 15.0. The first-order chi connectivity index (χ1) is 13.2. The topological polar surface area (TPSA) is 45.9 Å². The van der Waals surface area contributed by atoms with Gasteiger partial charge in [-0.2, -0.15) is 5.26 Å². The lowest BCUT2D eigenvalue weighted by atomic mass is 10.1. The molecular formula is C22H19BrN2OS. The molecule has 0 aliphatic carbocycles. The molecule has 1 heterocycles. The van der Waals surface area contributed by atoms with E-state index in [0.717, 1.165) is 51.5 Å². The fourth-order valence-corrected chi connectivity index (χ4v) is 3.51. The van der Waals surface area contributed by atoms with Crippen LogP contribution in [0.3, 0.4) is 0 Å². The Morgan fingerprint density at radius 3 is 2.59 bits per heavy atom.